The van der Waals surface area contributed by atoms with E-state index < -0.39 is 12.0 Å². The first-order chi connectivity index (χ1) is 19.3. The van der Waals surface area contributed by atoms with E-state index in [0.717, 1.165) is 16.7 Å². The number of halogens is 1. The number of esters is 1. The van der Waals surface area contributed by atoms with Gasteiger partial charge in [0.1, 0.15) is 6.04 Å². The van der Waals surface area contributed by atoms with E-state index in [1.54, 1.807) is 35.9 Å². The van der Waals surface area contributed by atoms with Crippen molar-refractivity contribution in [3.63, 3.8) is 0 Å². The van der Waals surface area contributed by atoms with Gasteiger partial charge in [0, 0.05) is 22.2 Å². The molecule has 1 amide bonds. The Morgan fingerprint density at radius 3 is 2.40 bits per heavy atom. The van der Waals surface area contributed by atoms with Gasteiger partial charge in [-0.05, 0) is 68.3 Å². The number of allylic oxidation sites excluding steroid dienone is 1. The van der Waals surface area contributed by atoms with Gasteiger partial charge in [-0.25, -0.2) is 9.48 Å². The van der Waals surface area contributed by atoms with E-state index in [-0.39, 0.29) is 5.91 Å². The molecule has 0 bridgehead atoms. The third-order valence-electron chi connectivity index (χ3n) is 6.41. The first-order valence-electron chi connectivity index (χ1n) is 12.8. The standard InChI is InChI=1S/C30H28ClN5O3S/c1-4-39-28(38)22-11-15-24(16-12-22)33-27(37)25-19(3)32-29-34-30(40-17-20-7-13-23(31)14-8-20)35-36(29)26(25)21-9-5-18(2)6-10-21/h5-16,26H,4,17H2,1-3H3,(H,33,37)(H,32,34,35)/t26-/m0/s1. The number of aromatic nitrogens is 3. The van der Waals surface area contributed by atoms with Gasteiger partial charge in [-0.1, -0.05) is 65.3 Å². The van der Waals surface area contributed by atoms with Crippen LogP contribution in [0.3, 0.4) is 0 Å². The van der Waals surface area contributed by atoms with Crippen LogP contribution in [0.15, 0.2) is 89.2 Å². The van der Waals surface area contributed by atoms with Crippen LogP contribution in [-0.4, -0.2) is 33.2 Å². The van der Waals surface area contributed by atoms with E-state index in [0.29, 0.717) is 51.0 Å². The molecule has 3 aromatic carbocycles. The molecule has 40 heavy (non-hydrogen) atoms. The largest absolute Gasteiger partial charge is 0.462 e. The molecule has 1 atom stereocenters. The second kappa shape index (κ2) is 12.0. The predicted octanol–water partition coefficient (Wildman–Crippen LogP) is 6.64. The first-order valence-corrected chi connectivity index (χ1v) is 14.2. The predicted molar refractivity (Wildman–Crippen MR) is 158 cm³/mol. The lowest BCUT2D eigenvalue weighted by Crippen LogP contribution is -2.31. The molecule has 0 fully saturated rings. The highest BCUT2D eigenvalue weighted by Gasteiger charge is 2.34. The molecule has 2 heterocycles. The van der Waals surface area contributed by atoms with Gasteiger partial charge >= 0.3 is 5.97 Å². The lowest BCUT2D eigenvalue weighted by atomic mass is 9.94. The molecule has 10 heteroatoms. The van der Waals surface area contributed by atoms with E-state index in [4.69, 9.17) is 26.4 Å². The van der Waals surface area contributed by atoms with Crippen LogP contribution in [0.1, 0.15) is 46.9 Å². The van der Waals surface area contributed by atoms with Crippen LogP contribution in [0.25, 0.3) is 0 Å². The molecule has 2 N–H and O–H groups in total. The number of fused-ring (bicyclic) bond motifs is 1. The van der Waals surface area contributed by atoms with Crippen molar-refractivity contribution in [3.8, 4) is 0 Å². The molecule has 0 unspecified atom stereocenters. The quantitative estimate of drug-likeness (QED) is 0.180. The summed E-state index contributed by atoms with van der Waals surface area (Å²) in [5, 5.41) is 12.3. The van der Waals surface area contributed by atoms with Gasteiger partial charge in [0.2, 0.25) is 11.1 Å². The van der Waals surface area contributed by atoms with E-state index in [1.165, 1.54) is 11.8 Å². The number of nitrogens with one attached hydrogen (secondary N) is 2. The fourth-order valence-electron chi connectivity index (χ4n) is 4.37. The summed E-state index contributed by atoms with van der Waals surface area (Å²) in [6.07, 6.45) is 0. The zero-order chi connectivity index (χ0) is 28.2. The Hall–Kier alpha value is -4.08. The van der Waals surface area contributed by atoms with Crippen molar-refractivity contribution in [2.24, 2.45) is 0 Å². The number of carbonyl (C=O) groups is 2. The zero-order valence-electron chi connectivity index (χ0n) is 22.3. The second-order valence-corrected chi connectivity index (χ2v) is 10.7. The number of rotatable bonds is 8. The molecule has 1 aliphatic rings. The number of ether oxygens (including phenoxy) is 1. The normalized spacial score (nSPS) is 14.3. The average Bonchev–Trinajstić information content (AvgIpc) is 3.35. The van der Waals surface area contributed by atoms with E-state index in [1.807, 2.05) is 62.4 Å². The summed E-state index contributed by atoms with van der Waals surface area (Å²) in [5.41, 5.74) is 5.31. The first kappa shape index (κ1) is 27.5. The molecular formula is C30H28ClN5O3S. The third kappa shape index (κ3) is 6.05. The minimum atomic E-state index is -0.493. The fourth-order valence-corrected chi connectivity index (χ4v) is 5.29. The molecule has 1 aromatic heterocycles. The minimum Gasteiger partial charge on any atom is -0.462 e. The van der Waals surface area contributed by atoms with Crippen LogP contribution in [-0.2, 0) is 15.3 Å². The number of aryl methyl sites for hydroxylation is 1. The van der Waals surface area contributed by atoms with Crippen molar-refractivity contribution in [2.75, 3.05) is 17.2 Å². The van der Waals surface area contributed by atoms with Gasteiger partial charge in [0.15, 0.2) is 0 Å². The molecule has 1 aliphatic heterocycles. The molecule has 5 rings (SSSR count). The van der Waals surface area contributed by atoms with Crippen molar-refractivity contribution < 1.29 is 14.3 Å². The van der Waals surface area contributed by atoms with E-state index >= 15 is 0 Å². The maximum absolute atomic E-state index is 13.7. The monoisotopic (exact) mass is 573 g/mol. The number of nitrogens with zero attached hydrogens (tertiary/aromatic N) is 3. The summed E-state index contributed by atoms with van der Waals surface area (Å²) in [6, 6.07) is 21.9. The molecule has 0 radical (unpaired) electrons. The van der Waals surface area contributed by atoms with Gasteiger partial charge in [-0.15, -0.1) is 5.10 Å². The fraction of sp³-hybridized carbons (Fsp3) is 0.200. The number of hydrogen-bond donors (Lipinski definition) is 2. The summed E-state index contributed by atoms with van der Waals surface area (Å²) in [5.74, 6) is 0.559. The molecule has 4 aromatic rings. The van der Waals surface area contributed by atoms with Crippen molar-refractivity contribution in [2.45, 2.75) is 37.7 Å². The second-order valence-electron chi connectivity index (χ2n) is 9.31. The Morgan fingerprint density at radius 2 is 1.73 bits per heavy atom. The van der Waals surface area contributed by atoms with Gasteiger partial charge in [-0.2, -0.15) is 4.98 Å². The molecule has 0 aliphatic carbocycles. The van der Waals surface area contributed by atoms with Crippen LogP contribution in [0.2, 0.25) is 5.02 Å². The highest BCUT2D eigenvalue weighted by molar-refractivity contribution is 7.98. The topological polar surface area (TPSA) is 98.1 Å². The average molecular weight is 574 g/mol. The van der Waals surface area contributed by atoms with Crippen LogP contribution in [0, 0.1) is 6.92 Å². The van der Waals surface area contributed by atoms with E-state index in [2.05, 4.69) is 10.6 Å². The maximum Gasteiger partial charge on any atom is 0.338 e. The zero-order valence-corrected chi connectivity index (χ0v) is 23.8. The molecule has 0 saturated carbocycles. The molecule has 0 saturated heterocycles. The van der Waals surface area contributed by atoms with E-state index in [9.17, 15) is 9.59 Å². The summed E-state index contributed by atoms with van der Waals surface area (Å²) < 4.78 is 6.81. The smallest absolute Gasteiger partial charge is 0.338 e. The number of benzene rings is 3. The number of amides is 1. The highest BCUT2D eigenvalue weighted by atomic mass is 35.5. The lowest BCUT2D eigenvalue weighted by molar-refractivity contribution is -0.113. The number of hydrogen-bond acceptors (Lipinski definition) is 7. The van der Waals surface area contributed by atoms with Gasteiger partial charge in [0.05, 0.1) is 17.7 Å². The summed E-state index contributed by atoms with van der Waals surface area (Å²) in [7, 11) is 0. The van der Waals surface area contributed by atoms with Crippen LogP contribution in [0.5, 0.6) is 0 Å². The SMILES string of the molecule is CCOC(=O)c1ccc(NC(=O)C2=C(C)Nc3nc(SCc4ccc(Cl)cc4)nn3[C@H]2c2ccc(C)cc2)cc1. The molecule has 0 spiro atoms. The number of anilines is 2. The van der Waals surface area contributed by atoms with Gasteiger partial charge < -0.3 is 15.4 Å². The highest BCUT2D eigenvalue weighted by Crippen LogP contribution is 2.37. The third-order valence-corrected chi connectivity index (χ3v) is 7.57. The minimum absolute atomic E-state index is 0.282. The Morgan fingerprint density at radius 1 is 1.02 bits per heavy atom. The Labute approximate surface area is 241 Å². The van der Waals surface area contributed by atoms with Gasteiger partial charge in [-0.3, -0.25) is 4.79 Å². The summed E-state index contributed by atoms with van der Waals surface area (Å²) in [6.45, 7) is 5.93. The molecular weight excluding hydrogens is 546 g/mol. The van der Waals surface area contributed by atoms with Crippen LogP contribution < -0.4 is 10.6 Å². The number of thioether (sulfide) groups is 1. The van der Waals surface area contributed by atoms with Crippen molar-refractivity contribution in [1.82, 2.24) is 14.8 Å². The van der Waals surface area contributed by atoms with Gasteiger partial charge in [0.25, 0.3) is 5.91 Å². The molecule has 8 nitrogen and oxygen atoms in total. The molecule has 204 valence electrons. The Kier molecular flexibility index (Phi) is 8.23. The van der Waals surface area contributed by atoms with Crippen molar-refractivity contribution in [3.05, 3.63) is 111 Å². The Bertz CT molecular complexity index is 1560. The number of carbonyl (C=O) groups excluding carboxylic acids is 2. The van der Waals surface area contributed by atoms with Crippen LogP contribution in [0.4, 0.5) is 11.6 Å². The Balaban J connectivity index is 1.42. The van der Waals surface area contributed by atoms with Crippen LogP contribution >= 0.6 is 23.4 Å². The summed E-state index contributed by atoms with van der Waals surface area (Å²) >= 11 is 7.53. The maximum atomic E-state index is 13.7. The van der Waals surface area contributed by atoms with Crippen molar-refractivity contribution in [1.29, 1.82) is 0 Å². The lowest BCUT2D eigenvalue weighted by Gasteiger charge is -2.28. The van der Waals surface area contributed by atoms with Crippen molar-refractivity contribution >= 4 is 46.9 Å². The summed E-state index contributed by atoms with van der Waals surface area (Å²) in [4.78, 5) is 30.4.